The van der Waals surface area contributed by atoms with Crippen LogP contribution in [0.1, 0.15) is 32.6 Å². The molecule has 0 aromatic heterocycles. The van der Waals surface area contributed by atoms with E-state index in [1.54, 1.807) is 0 Å². The SMILES string of the molecule is CNC(C)/C=C/C1CCCC1. The number of rotatable bonds is 3. The fourth-order valence-corrected chi connectivity index (χ4v) is 1.57. The summed E-state index contributed by atoms with van der Waals surface area (Å²) in [6, 6.07) is 0.538. The maximum atomic E-state index is 3.20. The van der Waals surface area contributed by atoms with Gasteiger partial charge < -0.3 is 5.32 Å². The maximum absolute atomic E-state index is 3.20. The van der Waals surface area contributed by atoms with E-state index in [0.717, 1.165) is 5.92 Å². The number of likely N-dealkylation sites (N-methyl/N-ethyl adjacent to an activating group) is 1. The highest BCUT2D eigenvalue weighted by atomic mass is 14.8. The minimum Gasteiger partial charge on any atom is -0.314 e. The van der Waals surface area contributed by atoms with Crippen molar-refractivity contribution < 1.29 is 0 Å². The average molecular weight is 153 g/mol. The van der Waals surface area contributed by atoms with Crippen LogP contribution in [0.15, 0.2) is 12.2 Å². The van der Waals surface area contributed by atoms with Crippen LogP contribution in [0.3, 0.4) is 0 Å². The molecule has 1 N–H and O–H groups in total. The molecule has 0 saturated heterocycles. The van der Waals surface area contributed by atoms with Gasteiger partial charge in [0.25, 0.3) is 0 Å². The number of hydrogen-bond acceptors (Lipinski definition) is 1. The molecule has 0 radical (unpaired) electrons. The zero-order valence-electron chi connectivity index (χ0n) is 7.64. The number of allylic oxidation sites excluding steroid dienone is 1. The lowest BCUT2D eigenvalue weighted by atomic mass is 10.1. The first-order valence-corrected chi connectivity index (χ1v) is 4.68. The van der Waals surface area contributed by atoms with Crippen molar-refractivity contribution in [1.82, 2.24) is 5.32 Å². The highest BCUT2D eigenvalue weighted by Crippen LogP contribution is 2.25. The molecule has 1 rings (SSSR count). The van der Waals surface area contributed by atoms with Gasteiger partial charge in [0.1, 0.15) is 0 Å². The third-order valence-electron chi connectivity index (χ3n) is 2.53. The number of nitrogens with one attached hydrogen (secondary N) is 1. The van der Waals surface area contributed by atoms with E-state index in [-0.39, 0.29) is 0 Å². The van der Waals surface area contributed by atoms with Crippen LogP contribution >= 0.6 is 0 Å². The molecular formula is C10H19N. The molecule has 0 aliphatic heterocycles. The fraction of sp³-hybridized carbons (Fsp3) is 0.800. The van der Waals surface area contributed by atoms with E-state index < -0.39 is 0 Å². The van der Waals surface area contributed by atoms with E-state index in [4.69, 9.17) is 0 Å². The molecule has 1 heteroatoms. The summed E-state index contributed by atoms with van der Waals surface area (Å²) in [5, 5.41) is 3.20. The summed E-state index contributed by atoms with van der Waals surface area (Å²) in [4.78, 5) is 0. The summed E-state index contributed by atoms with van der Waals surface area (Å²) in [5.74, 6) is 0.880. The van der Waals surface area contributed by atoms with Crippen molar-refractivity contribution in [3.8, 4) is 0 Å². The first kappa shape index (κ1) is 8.79. The van der Waals surface area contributed by atoms with E-state index in [1.807, 2.05) is 7.05 Å². The van der Waals surface area contributed by atoms with Gasteiger partial charge in [0.15, 0.2) is 0 Å². The Labute approximate surface area is 69.9 Å². The quantitative estimate of drug-likeness (QED) is 0.614. The first-order chi connectivity index (χ1) is 5.33. The Morgan fingerprint density at radius 2 is 2.00 bits per heavy atom. The molecule has 1 aliphatic carbocycles. The second-order valence-corrected chi connectivity index (χ2v) is 3.51. The Morgan fingerprint density at radius 3 is 2.55 bits per heavy atom. The molecule has 1 atom stereocenters. The van der Waals surface area contributed by atoms with E-state index in [2.05, 4.69) is 24.4 Å². The van der Waals surface area contributed by atoms with E-state index in [0.29, 0.717) is 6.04 Å². The topological polar surface area (TPSA) is 12.0 Å². The smallest absolute Gasteiger partial charge is 0.0218 e. The van der Waals surface area contributed by atoms with Gasteiger partial charge in [-0.2, -0.15) is 0 Å². The van der Waals surface area contributed by atoms with Crippen molar-refractivity contribution in [2.75, 3.05) is 7.05 Å². The van der Waals surface area contributed by atoms with Crippen molar-refractivity contribution >= 4 is 0 Å². The van der Waals surface area contributed by atoms with E-state index in [1.165, 1.54) is 25.7 Å². The van der Waals surface area contributed by atoms with Crippen molar-refractivity contribution in [3.63, 3.8) is 0 Å². The van der Waals surface area contributed by atoms with Crippen LogP contribution in [0, 0.1) is 5.92 Å². The third-order valence-corrected chi connectivity index (χ3v) is 2.53. The van der Waals surface area contributed by atoms with E-state index >= 15 is 0 Å². The van der Waals surface area contributed by atoms with Crippen molar-refractivity contribution in [1.29, 1.82) is 0 Å². The lowest BCUT2D eigenvalue weighted by Gasteiger charge is -2.05. The monoisotopic (exact) mass is 153 g/mol. The van der Waals surface area contributed by atoms with Crippen molar-refractivity contribution in [3.05, 3.63) is 12.2 Å². The summed E-state index contributed by atoms with van der Waals surface area (Å²) in [6.07, 6.45) is 10.4. The third kappa shape index (κ3) is 3.06. The van der Waals surface area contributed by atoms with Gasteiger partial charge in [-0.3, -0.25) is 0 Å². The van der Waals surface area contributed by atoms with Gasteiger partial charge in [-0.1, -0.05) is 25.0 Å². The Morgan fingerprint density at radius 1 is 1.36 bits per heavy atom. The zero-order valence-corrected chi connectivity index (χ0v) is 7.64. The van der Waals surface area contributed by atoms with Crippen LogP contribution in [0.2, 0.25) is 0 Å². The lowest BCUT2D eigenvalue weighted by Crippen LogP contribution is -2.18. The van der Waals surface area contributed by atoms with Gasteiger partial charge in [0.2, 0.25) is 0 Å². The Hall–Kier alpha value is -0.300. The Kier molecular flexibility index (Phi) is 3.64. The van der Waals surface area contributed by atoms with Gasteiger partial charge in [0, 0.05) is 6.04 Å². The van der Waals surface area contributed by atoms with Crippen LogP contribution < -0.4 is 5.32 Å². The predicted octanol–water partition coefficient (Wildman–Crippen LogP) is 2.34. The Bertz CT molecular complexity index is 123. The summed E-state index contributed by atoms with van der Waals surface area (Å²) in [7, 11) is 2.00. The maximum Gasteiger partial charge on any atom is 0.0218 e. The summed E-state index contributed by atoms with van der Waals surface area (Å²) < 4.78 is 0. The minimum absolute atomic E-state index is 0.538. The molecular weight excluding hydrogens is 134 g/mol. The van der Waals surface area contributed by atoms with E-state index in [9.17, 15) is 0 Å². The van der Waals surface area contributed by atoms with Crippen molar-refractivity contribution in [2.24, 2.45) is 5.92 Å². The summed E-state index contributed by atoms with van der Waals surface area (Å²) in [5.41, 5.74) is 0. The molecule has 0 heterocycles. The highest BCUT2D eigenvalue weighted by molar-refractivity contribution is 4.95. The van der Waals surface area contributed by atoms with Crippen LogP contribution in [0.25, 0.3) is 0 Å². The molecule has 1 fully saturated rings. The molecule has 1 saturated carbocycles. The molecule has 0 bridgehead atoms. The Balaban J connectivity index is 2.22. The standard InChI is InChI=1S/C10H19N/c1-9(11-2)7-8-10-5-3-4-6-10/h7-11H,3-6H2,1-2H3/b8-7+. The summed E-state index contributed by atoms with van der Waals surface area (Å²) in [6.45, 7) is 2.19. The predicted molar refractivity (Wildman–Crippen MR) is 49.6 cm³/mol. The van der Waals surface area contributed by atoms with Gasteiger partial charge in [-0.15, -0.1) is 0 Å². The minimum atomic E-state index is 0.538. The van der Waals surface area contributed by atoms with Gasteiger partial charge in [-0.05, 0) is 32.7 Å². The fourth-order valence-electron chi connectivity index (χ4n) is 1.57. The second kappa shape index (κ2) is 4.55. The van der Waals surface area contributed by atoms with Gasteiger partial charge in [-0.25, -0.2) is 0 Å². The summed E-state index contributed by atoms with van der Waals surface area (Å²) >= 11 is 0. The normalized spacial score (nSPS) is 23.1. The van der Waals surface area contributed by atoms with Gasteiger partial charge >= 0.3 is 0 Å². The highest BCUT2D eigenvalue weighted by Gasteiger charge is 2.10. The largest absolute Gasteiger partial charge is 0.314 e. The second-order valence-electron chi connectivity index (χ2n) is 3.51. The molecule has 1 unspecified atom stereocenters. The molecule has 0 amide bonds. The molecule has 11 heavy (non-hydrogen) atoms. The van der Waals surface area contributed by atoms with Crippen LogP contribution in [0.5, 0.6) is 0 Å². The van der Waals surface area contributed by atoms with Crippen LogP contribution in [-0.4, -0.2) is 13.1 Å². The zero-order chi connectivity index (χ0) is 8.10. The van der Waals surface area contributed by atoms with Crippen molar-refractivity contribution in [2.45, 2.75) is 38.6 Å². The first-order valence-electron chi connectivity index (χ1n) is 4.68. The van der Waals surface area contributed by atoms with Gasteiger partial charge in [0.05, 0.1) is 0 Å². The molecule has 1 aliphatic rings. The number of hydrogen-bond donors (Lipinski definition) is 1. The molecule has 0 aromatic carbocycles. The molecule has 64 valence electrons. The molecule has 0 aromatic rings. The van der Waals surface area contributed by atoms with Crippen LogP contribution in [0.4, 0.5) is 0 Å². The molecule has 0 spiro atoms. The molecule has 1 nitrogen and oxygen atoms in total. The lowest BCUT2D eigenvalue weighted by molar-refractivity contribution is 0.665. The average Bonchev–Trinajstić information content (AvgIpc) is 2.52. The van der Waals surface area contributed by atoms with Crippen LogP contribution in [-0.2, 0) is 0 Å².